The smallest absolute Gasteiger partial charge is 0.216 e. The zero-order valence-corrected chi connectivity index (χ0v) is 16.9. The molecule has 1 aromatic heterocycles. The lowest BCUT2D eigenvalue weighted by molar-refractivity contribution is -0.119. The Balaban J connectivity index is 1.58. The van der Waals surface area contributed by atoms with Crippen molar-refractivity contribution in [3.8, 4) is 17.0 Å². The highest BCUT2D eigenvalue weighted by Crippen LogP contribution is 2.38. The molecule has 150 valence electrons. The number of fused-ring (bicyclic) bond motifs is 3. The molecule has 2 heterocycles. The fourth-order valence-electron chi connectivity index (χ4n) is 3.83. The lowest BCUT2D eigenvalue weighted by Gasteiger charge is -2.23. The first kappa shape index (κ1) is 19.2. The fourth-order valence-corrected chi connectivity index (χ4v) is 3.83. The zero-order valence-electron chi connectivity index (χ0n) is 16.9. The number of carbonyl (C=O) groups is 1. The standard InChI is InChI=1S/C23H26N4O2/c1-17(28)24-12-13-27(14-18-8-4-3-5-9-18)15-21-20-16-29-22-11-7-6-10-19(22)23(20)26(2)25-21/h3-11H,12-16H2,1-2H3,(H,24,28). The minimum atomic E-state index is -0.00937. The monoisotopic (exact) mass is 390 g/mol. The van der Waals surface area contributed by atoms with Crippen LogP contribution in [0.5, 0.6) is 5.75 Å². The molecule has 6 heteroatoms. The zero-order chi connectivity index (χ0) is 20.2. The van der Waals surface area contributed by atoms with Gasteiger partial charge in [0.2, 0.25) is 5.91 Å². The van der Waals surface area contributed by atoms with Crippen LogP contribution in [0.3, 0.4) is 0 Å². The molecule has 3 aromatic rings. The number of amides is 1. The number of benzene rings is 2. The largest absolute Gasteiger partial charge is 0.488 e. The molecule has 0 spiro atoms. The van der Waals surface area contributed by atoms with E-state index < -0.39 is 0 Å². The number of ether oxygens (including phenoxy) is 1. The van der Waals surface area contributed by atoms with Gasteiger partial charge in [-0.25, -0.2) is 0 Å². The minimum Gasteiger partial charge on any atom is -0.488 e. The van der Waals surface area contributed by atoms with E-state index in [0.29, 0.717) is 19.7 Å². The van der Waals surface area contributed by atoms with Crippen LogP contribution < -0.4 is 10.1 Å². The van der Waals surface area contributed by atoms with Crippen molar-refractivity contribution in [2.45, 2.75) is 26.6 Å². The van der Waals surface area contributed by atoms with Gasteiger partial charge in [-0.3, -0.25) is 14.4 Å². The number of aromatic nitrogens is 2. The van der Waals surface area contributed by atoms with E-state index in [-0.39, 0.29) is 5.91 Å². The van der Waals surface area contributed by atoms with Crippen molar-refractivity contribution < 1.29 is 9.53 Å². The van der Waals surface area contributed by atoms with Crippen molar-refractivity contribution in [2.24, 2.45) is 7.05 Å². The summed E-state index contributed by atoms with van der Waals surface area (Å²) in [6, 6.07) is 18.5. The van der Waals surface area contributed by atoms with E-state index in [2.05, 4.69) is 40.5 Å². The lowest BCUT2D eigenvalue weighted by Crippen LogP contribution is -2.33. The summed E-state index contributed by atoms with van der Waals surface area (Å²) in [6.07, 6.45) is 0. The van der Waals surface area contributed by atoms with Crippen molar-refractivity contribution in [1.82, 2.24) is 20.0 Å². The molecule has 1 amide bonds. The Labute approximate surface area is 171 Å². The summed E-state index contributed by atoms with van der Waals surface area (Å²) in [6.45, 7) is 4.92. The summed E-state index contributed by atoms with van der Waals surface area (Å²) in [5, 5.41) is 7.72. The Kier molecular flexibility index (Phi) is 5.62. The molecular formula is C23H26N4O2. The topological polar surface area (TPSA) is 59.4 Å². The third-order valence-electron chi connectivity index (χ3n) is 5.17. The fraction of sp³-hybridized carbons (Fsp3) is 0.304. The Morgan fingerprint density at radius 3 is 2.69 bits per heavy atom. The van der Waals surface area contributed by atoms with Crippen molar-refractivity contribution in [1.29, 1.82) is 0 Å². The second-order valence-corrected chi connectivity index (χ2v) is 7.36. The van der Waals surface area contributed by atoms with Gasteiger partial charge in [-0.2, -0.15) is 5.10 Å². The molecular weight excluding hydrogens is 364 g/mol. The number of hydrogen-bond acceptors (Lipinski definition) is 4. The van der Waals surface area contributed by atoms with E-state index in [9.17, 15) is 4.79 Å². The van der Waals surface area contributed by atoms with Gasteiger partial charge in [-0.05, 0) is 17.7 Å². The molecule has 4 rings (SSSR count). The molecule has 0 atom stereocenters. The maximum Gasteiger partial charge on any atom is 0.216 e. The average Bonchev–Trinajstić information content (AvgIpc) is 3.04. The minimum absolute atomic E-state index is 0.00937. The van der Waals surface area contributed by atoms with E-state index >= 15 is 0 Å². The lowest BCUT2D eigenvalue weighted by atomic mass is 10.0. The Morgan fingerprint density at radius 2 is 1.90 bits per heavy atom. The summed E-state index contributed by atoms with van der Waals surface area (Å²) in [5.41, 5.74) is 5.62. The first-order chi connectivity index (χ1) is 14.1. The number of nitrogens with one attached hydrogen (secondary N) is 1. The number of rotatable bonds is 7. The molecule has 0 saturated heterocycles. The van der Waals surface area contributed by atoms with Gasteiger partial charge < -0.3 is 10.1 Å². The molecule has 0 radical (unpaired) electrons. The summed E-state index contributed by atoms with van der Waals surface area (Å²) in [5.74, 6) is 0.895. The van der Waals surface area contributed by atoms with Crippen LogP contribution in [0.25, 0.3) is 11.3 Å². The van der Waals surface area contributed by atoms with Crippen molar-refractivity contribution >= 4 is 5.91 Å². The molecule has 2 aromatic carbocycles. The van der Waals surface area contributed by atoms with Gasteiger partial charge in [-0.1, -0.05) is 42.5 Å². The Morgan fingerprint density at radius 1 is 1.14 bits per heavy atom. The van der Waals surface area contributed by atoms with Crippen LogP contribution in [-0.4, -0.2) is 33.7 Å². The SMILES string of the molecule is CC(=O)NCCN(Cc1ccccc1)Cc1nn(C)c2c1COc1ccccc1-2. The molecule has 0 saturated carbocycles. The average molecular weight is 390 g/mol. The van der Waals surface area contributed by atoms with Gasteiger partial charge in [0.15, 0.2) is 0 Å². The molecule has 6 nitrogen and oxygen atoms in total. The molecule has 0 bridgehead atoms. The van der Waals surface area contributed by atoms with Gasteiger partial charge in [0, 0.05) is 51.3 Å². The molecule has 1 aliphatic rings. The van der Waals surface area contributed by atoms with Crippen LogP contribution in [0.4, 0.5) is 0 Å². The number of nitrogens with zero attached hydrogens (tertiary/aromatic N) is 3. The van der Waals surface area contributed by atoms with Crippen LogP contribution in [0.2, 0.25) is 0 Å². The highest BCUT2D eigenvalue weighted by molar-refractivity contribution is 5.73. The van der Waals surface area contributed by atoms with Gasteiger partial charge in [-0.15, -0.1) is 0 Å². The van der Waals surface area contributed by atoms with Crippen LogP contribution in [-0.2, 0) is 31.5 Å². The van der Waals surface area contributed by atoms with Gasteiger partial charge >= 0.3 is 0 Å². The third kappa shape index (κ3) is 4.32. The van der Waals surface area contributed by atoms with Gasteiger partial charge in [0.05, 0.1) is 11.4 Å². The van der Waals surface area contributed by atoms with Gasteiger partial charge in [0.25, 0.3) is 0 Å². The van der Waals surface area contributed by atoms with Gasteiger partial charge in [0.1, 0.15) is 12.4 Å². The van der Waals surface area contributed by atoms with Crippen molar-refractivity contribution in [3.05, 3.63) is 71.4 Å². The Hall–Kier alpha value is -3.12. The molecule has 0 unspecified atom stereocenters. The number of carbonyl (C=O) groups excluding carboxylic acids is 1. The van der Waals surface area contributed by atoms with E-state index in [1.54, 1.807) is 6.92 Å². The predicted molar refractivity (Wildman–Crippen MR) is 112 cm³/mol. The summed E-state index contributed by atoms with van der Waals surface area (Å²) < 4.78 is 7.95. The quantitative estimate of drug-likeness (QED) is 0.673. The first-order valence-electron chi connectivity index (χ1n) is 9.89. The highest BCUT2D eigenvalue weighted by Gasteiger charge is 2.25. The third-order valence-corrected chi connectivity index (χ3v) is 5.17. The predicted octanol–water partition coefficient (Wildman–Crippen LogP) is 3.12. The van der Waals surface area contributed by atoms with Crippen LogP contribution in [0.1, 0.15) is 23.7 Å². The van der Waals surface area contributed by atoms with E-state index in [4.69, 9.17) is 9.84 Å². The van der Waals surface area contributed by atoms with E-state index in [1.165, 1.54) is 5.56 Å². The molecule has 1 aliphatic heterocycles. The molecule has 29 heavy (non-hydrogen) atoms. The summed E-state index contributed by atoms with van der Waals surface area (Å²) >= 11 is 0. The maximum absolute atomic E-state index is 11.3. The van der Waals surface area contributed by atoms with E-state index in [1.807, 2.05) is 36.0 Å². The summed E-state index contributed by atoms with van der Waals surface area (Å²) in [4.78, 5) is 13.6. The number of para-hydroxylation sites is 1. The van der Waals surface area contributed by atoms with Crippen LogP contribution >= 0.6 is 0 Å². The number of hydrogen-bond donors (Lipinski definition) is 1. The normalized spacial score (nSPS) is 12.2. The van der Waals surface area contributed by atoms with E-state index in [0.717, 1.165) is 41.4 Å². The van der Waals surface area contributed by atoms with Crippen LogP contribution in [0.15, 0.2) is 54.6 Å². The van der Waals surface area contributed by atoms with Crippen molar-refractivity contribution in [2.75, 3.05) is 13.1 Å². The van der Waals surface area contributed by atoms with Crippen molar-refractivity contribution in [3.63, 3.8) is 0 Å². The molecule has 0 aliphatic carbocycles. The second-order valence-electron chi connectivity index (χ2n) is 7.36. The highest BCUT2D eigenvalue weighted by atomic mass is 16.5. The number of aryl methyl sites for hydroxylation is 1. The summed E-state index contributed by atoms with van der Waals surface area (Å²) in [7, 11) is 1.99. The molecule has 1 N–H and O–H groups in total. The molecule has 0 fully saturated rings. The maximum atomic E-state index is 11.3. The second kappa shape index (κ2) is 8.49. The van der Waals surface area contributed by atoms with Crippen LogP contribution in [0, 0.1) is 0 Å². The Bertz CT molecular complexity index is 997. The first-order valence-corrected chi connectivity index (χ1v) is 9.89.